The van der Waals surface area contributed by atoms with Crippen LogP contribution in [0.15, 0.2) is 70.7 Å². The predicted octanol–water partition coefficient (Wildman–Crippen LogP) is 5.59. The second kappa shape index (κ2) is 12.0. The lowest BCUT2D eigenvalue weighted by atomic mass is 10.1. The quantitative estimate of drug-likeness (QED) is 0.202. The van der Waals surface area contributed by atoms with E-state index in [0.29, 0.717) is 40.4 Å². The second-order valence-electron chi connectivity index (χ2n) is 8.57. The highest BCUT2D eigenvalue weighted by molar-refractivity contribution is 9.10. The van der Waals surface area contributed by atoms with Gasteiger partial charge in [-0.15, -0.1) is 0 Å². The summed E-state index contributed by atoms with van der Waals surface area (Å²) in [5.74, 6) is 0.159. The van der Waals surface area contributed by atoms with Gasteiger partial charge in [0.1, 0.15) is 24.5 Å². The highest BCUT2D eigenvalue weighted by atomic mass is 79.9. The molecule has 0 aliphatic carbocycles. The maximum atomic E-state index is 13.2. The Morgan fingerprint density at radius 1 is 0.868 bits per heavy atom. The van der Waals surface area contributed by atoms with Crippen molar-refractivity contribution in [2.75, 3.05) is 24.7 Å². The predicted molar refractivity (Wildman–Crippen MR) is 148 cm³/mol. The second-order valence-corrected chi connectivity index (χ2v) is 9.42. The third-order valence-electron chi connectivity index (χ3n) is 5.66. The van der Waals surface area contributed by atoms with Crippen molar-refractivity contribution in [3.63, 3.8) is 0 Å². The van der Waals surface area contributed by atoms with Crippen molar-refractivity contribution in [1.82, 2.24) is 5.32 Å². The largest absolute Gasteiger partial charge is 0.490 e. The van der Waals surface area contributed by atoms with Crippen LogP contribution < -0.4 is 24.4 Å². The topological polar surface area (TPSA) is 94.2 Å². The summed E-state index contributed by atoms with van der Waals surface area (Å²) in [4.78, 5) is 39.2. The molecule has 8 nitrogen and oxygen atoms in total. The molecule has 0 radical (unpaired) electrons. The van der Waals surface area contributed by atoms with Crippen LogP contribution >= 0.6 is 15.9 Å². The van der Waals surface area contributed by atoms with Crippen molar-refractivity contribution < 1.29 is 28.6 Å². The number of barbiturate groups is 1. The van der Waals surface area contributed by atoms with Gasteiger partial charge in [0, 0.05) is 0 Å². The van der Waals surface area contributed by atoms with Crippen LogP contribution in [0.3, 0.4) is 0 Å². The number of carbonyl (C=O) groups excluding carboxylic acids is 3. The number of benzene rings is 3. The molecule has 1 fully saturated rings. The zero-order chi connectivity index (χ0) is 27.2. The lowest BCUT2D eigenvalue weighted by Crippen LogP contribution is -2.54. The van der Waals surface area contributed by atoms with Crippen molar-refractivity contribution in [3.05, 3.63) is 87.4 Å². The van der Waals surface area contributed by atoms with Gasteiger partial charge in [-0.1, -0.05) is 35.4 Å². The Bertz CT molecular complexity index is 1380. The van der Waals surface area contributed by atoms with E-state index in [-0.39, 0.29) is 12.2 Å². The summed E-state index contributed by atoms with van der Waals surface area (Å²) < 4.78 is 18.0. The summed E-state index contributed by atoms with van der Waals surface area (Å²) in [6.45, 7) is 6.71. The van der Waals surface area contributed by atoms with Crippen molar-refractivity contribution in [2.24, 2.45) is 0 Å². The van der Waals surface area contributed by atoms with E-state index >= 15 is 0 Å². The molecule has 0 spiro atoms. The summed E-state index contributed by atoms with van der Waals surface area (Å²) >= 11 is 3.51. The summed E-state index contributed by atoms with van der Waals surface area (Å²) in [6.07, 6.45) is 1.42. The molecule has 1 saturated heterocycles. The molecule has 0 atom stereocenters. The standard InChI is InChI=1S/C29H27BrN2O6/c1-4-36-25-17-20(16-24(30)26(25)38-14-13-37-22-11-7-19(3)8-12-22)15-23-27(33)31-29(35)32(28(23)34)21-9-5-18(2)6-10-21/h5-12,15-17H,4,13-14H2,1-3H3,(H,31,33,35)/b23-15-. The van der Waals surface area contributed by atoms with Crippen LogP contribution in [0.25, 0.3) is 6.08 Å². The lowest BCUT2D eigenvalue weighted by Gasteiger charge is -2.26. The molecule has 0 aromatic heterocycles. The first kappa shape index (κ1) is 26.9. The van der Waals surface area contributed by atoms with E-state index in [4.69, 9.17) is 14.2 Å². The van der Waals surface area contributed by atoms with Gasteiger partial charge < -0.3 is 14.2 Å². The Balaban J connectivity index is 1.54. The summed E-state index contributed by atoms with van der Waals surface area (Å²) in [5.41, 5.74) is 2.82. The Labute approximate surface area is 229 Å². The number of nitrogens with one attached hydrogen (secondary N) is 1. The first-order chi connectivity index (χ1) is 18.3. The molecule has 1 aliphatic heterocycles. The number of aryl methyl sites for hydroxylation is 2. The fraction of sp³-hybridized carbons (Fsp3) is 0.207. The van der Waals surface area contributed by atoms with E-state index in [2.05, 4.69) is 21.2 Å². The first-order valence-corrected chi connectivity index (χ1v) is 12.8. The third kappa shape index (κ3) is 6.23. The summed E-state index contributed by atoms with van der Waals surface area (Å²) in [7, 11) is 0. The molecule has 1 heterocycles. The van der Waals surface area contributed by atoms with Crippen LogP contribution in [0, 0.1) is 13.8 Å². The van der Waals surface area contributed by atoms with Gasteiger partial charge in [0.05, 0.1) is 16.8 Å². The minimum absolute atomic E-state index is 0.181. The number of anilines is 1. The van der Waals surface area contributed by atoms with Gasteiger partial charge in [0.25, 0.3) is 11.8 Å². The van der Waals surface area contributed by atoms with E-state index in [1.165, 1.54) is 6.08 Å². The number of halogens is 1. The molecule has 3 aromatic rings. The number of hydrogen-bond donors (Lipinski definition) is 1. The molecule has 4 rings (SSSR count). The molecule has 4 amide bonds. The highest BCUT2D eigenvalue weighted by Gasteiger charge is 2.36. The Morgan fingerprint density at radius 3 is 2.16 bits per heavy atom. The van der Waals surface area contributed by atoms with Crippen LogP contribution in [-0.4, -0.2) is 37.7 Å². The number of amides is 4. The molecule has 38 heavy (non-hydrogen) atoms. The number of imide groups is 2. The van der Waals surface area contributed by atoms with Gasteiger partial charge >= 0.3 is 6.03 Å². The van der Waals surface area contributed by atoms with Gasteiger partial charge in [-0.25, -0.2) is 9.69 Å². The monoisotopic (exact) mass is 578 g/mol. The Hall–Kier alpha value is -4.11. The molecule has 9 heteroatoms. The summed E-state index contributed by atoms with van der Waals surface area (Å²) in [5, 5.41) is 2.24. The maximum Gasteiger partial charge on any atom is 0.335 e. The average Bonchev–Trinajstić information content (AvgIpc) is 2.88. The third-order valence-corrected chi connectivity index (χ3v) is 6.25. The zero-order valence-corrected chi connectivity index (χ0v) is 22.8. The van der Waals surface area contributed by atoms with Crippen molar-refractivity contribution in [1.29, 1.82) is 0 Å². The van der Waals surface area contributed by atoms with E-state index in [1.54, 1.807) is 36.4 Å². The van der Waals surface area contributed by atoms with Crippen LogP contribution in [0.4, 0.5) is 10.5 Å². The molecular formula is C29H27BrN2O6. The molecular weight excluding hydrogens is 552 g/mol. The van der Waals surface area contributed by atoms with Crippen LogP contribution in [0.1, 0.15) is 23.6 Å². The number of hydrogen-bond acceptors (Lipinski definition) is 6. The molecule has 196 valence electrons. The fourth-order valence-electron chi connectivity index (χ4n) is 3.76. The molecule has 1 N–H and O–H groups in total. The van der Waals surface area contributed by atoms with E-state index in [9.17, 15) is 14.4 Å². The van der Waals surface area contributed by atoms with E-state index in [0.717, 1.165) is 21.8 Å². The van der Waals surface area contributed by atoms with E-state index < -0.39 is 17.8 Å². The van der Waals surface area contributed by atoms with Gasteiger partial charge in [-0.2, -0.15) is 0 Å². The minimum atomic E-state index is -0.797. The van der Waals surface area contributed by atoms with Gasteiger partial charge in [0.15, 0.2) is 11.5 Å². The molecule has 0 unspecified atom stereocenters. The molecule has 1 aliphatic rings. The van der Waals surface area contributed by atoms with Crippen LogP contribution in [0.5, 0.6) is 17.2 Å². The molecule has 0 bridgehead atoms. The Kier molecular flexibility index (Phi) is 8.48. The number of carbonyl (C=O) groups is 3. The van der Waals surface area contributed by atoms with Crippen molar-refractivity contribution in [3.8, 4) is 17.2 Å². The number of rotatable bonds is 9. The number of ether oxygens (including phenoxy) is 3. The fourth-order valence-corrected chi connectivity index (χ4v) is 4.34. The molecule has 0 saturated carbocycles. The number of urea groups is 1. The van der Waals surface area contributed by atoms with Crippen LogP contribution in [-0.2, 0) is 9.59 Å². The smallest absolute Gasteiger partial charge is 0.335 e. The average molecular weight is 579 g/mol. The van der Waals surface area contributed by atoms with Gasteiger partial charge in [-0.05, 0) is 84.7 Å². The van der Waals surface area contributed by atoms with Crippen molar-refractivity contribution >= 4 is 45.5 Å². The maximum absolute atomic E-state index is 13.2. The number of nitrogens with zero attached hydrogens (tertiary/aromatic N) is 1. The minimum Gasteiger partial charge on any atom is -0.490 e. The lowest BCUT2D eigenvalue weighted by molar-refractivity contribution is -0.122. The van der Waals surface area contributed by atoms with Crippen molar-refractivity contribution in [2.45, 2.75) is 20.8 Å². The Morgan fingerprint density at radius 2 is 1.50 bits per heavy atom. The summed E-state index contributed by atoms with van der Waals surface area (Å²) in [6, 6.07) is 17.2. The zero-order valence-electron chi connectivity index (χ0n) is 21.2. The van der Waals surface area contributed by atoms with Crippen LogP contribution in [0.2, 0.25) is 0 Å². The highest BCUT2D eigenvalue weighted by Crippen LogP contribution is 2.38. The SMILES string of the molecule is CCOc1cc(/C=C2/C(=O)NC(=O)N(c3ccc(C)cc3)C2=O)cc(Br)c1OCCOc1ccc(C)cc1. The van der Waals surface area contributed by atoms with Gasteiger partial charge in [-0.3, -0.25) is 14.9 Å². The normalized spacial score (nSPS) is 14.5. The van der Waals surface area contributed by atoms with Gasteiger partial charge in [0.2, 0.25) is 0 Å². The van der Waals surface area contributed by atoms with E-state index in [1.807, 2.05) is 45.0 Å². The molecule has 3 aromatic carbocycles. The first-order valence-electron chi connectivity index (χ1n) is 12.0.